The molecule has 0 atom stereocenters. The van der Waals surface area contributed by atoms with Gasteiger partial charge in [0.1, 0.15) is 11.5 Å². The molecule has 5 heteroatoms. The molecule has 2 aromatic rings. The van der Waals surface area contributed by atoms with Crippen molar-refractivity contribution in [3.8, 4) is 11.5 Å². The lowest BCUT2D eigenvalue weighted by molar-refractivity contribution is -0.384. The lowest BCUT2D eigenvalue weighted by Crippen LogP contribution is -1.89. The molecule has 0 amide bonds. The predicted octanol–water partition coefficient (Wildman–Crippen LogP) is 2.96. The fourth-order valence-electron chi connectivity index (χ4n) is 1.29. The smallest absolute Gasteiger partial charge is 0.269 e. The van der Waals surface area contributed by atoms with Crippen molar-refractivity contribution < 1.29 is 9.66 Å². The molecule has 0 saturated heterocycles. The summed E-state index contributed by atoms with van der Waals surface area (Å²) in [4.78, 5) is 13.9. The van der Waals surface area contributed by atoms with E-state index in [0.29, 0.717) is 17.2 Å². The number of ether oxygens (including phenoxy) is 1. The molecule has 0 fully saturated rings. The van der Waals surface area contributed by atoms with Gasteiger partial charge in [-0.3, -0.25) is 15.1 Å². The van der Waals surface area contributed by atoms with Crippen molar-refractivity contribution in [2.75, 3.05) is 0 Å². The monoisotopic (exact) mass is 229 g/mol. The number of non-ortho nitro benzene ring substituents is 1. The zero-order valence-electron chi connectivity index (χ0n) is 8.87. The van der Waals surface area contributed by atoms with Gasteiger partial charge in [-0.1, -0.05) is 0 Å². The van der Waals surface area contributed by atoms with Crippen LogP contribution < -0.4 is 4.74 Å². The summed E-state index contributed by atoms with van der Waals surface area (Å²) >= 11 is 0. The van der Waals surface area contributed by atoms with Gasteiger partial charge in [0, 0.05) is 30.1 Å². The van der Waals surface area contributed by atoms with E-state index in [1.165, 1.54) is 12.1 Å². The van der Waals surface area contributed by atoms with Crippen LogP contribution in [0.5, 0.6) is 11.5 Å². The highest BCUT2D eigenvalue weighted by molar-refractivity contribution is 5.38. The molecule has 17 heavy (non-hydrogen) atoms. The van der Waals surface area contributed by atoms with E-state index in [4.69, 9.17) is 4.74 Å². The van der Waals surface area contributed by atoms with Crippen molar-refractivity contribution in [3.05, 3.63) is 65.3 Å². The number of rotatable bonds is 3. The van der Waals surface area contributed by atoms with E-state index in [1.807, 2.05) is 0 Å². The molecule has 0 bridgehead atoms. The van der Waals surface area contributed by atoms with E-state index in [1.54, 1.807) is 30.5 Å². The van der Waals surface area contributed by atoms with Crippen LogP contribution >= 0.6 is 0 Å². The maximum Gasteiger partial charge on any atom is 0.269 e. The molecule has 1 aromatic heterocycles. The minimum atomic E-state index is -0.454. The van der Waals surface area contributed by atoms with Crippen molar-refractivity contribution >= 4 is 5.69 Å². The number of aromatic nitrogens is 1. The van der Waals surface area contributed by atoms with Crippen LogP contribution in [0.4, 0.5) is 5.69 Å². The van der Waals surface area contributed by atoms with Crippen LogP contribution in [0.15, 0.2) is 42.6 Å². The van der Waals surface area contributed by atoms with E-state index in [9.17, 15) is 10.1 Å². The largest absolute Gasteiger partial charge is 0.457 e. The number of nitrogens with zero attached hydrogens (tertiary/aromatic N) is 2. The fourth-order valence-corrected chi connectivity index (χ4v) is 1.29. The zero-order valence-corrected chi connectivity index (χ0v) is 8.87. The summed E-state index contributed by atoms with van der Waals surface area (Å²) in [6.45, 7) is 3.68. The molecule has 5 nitrogen and oxygen atoms in total. The number of nitro groups is 1. The molecule has 0 aliphatic heterocycles. The van der Waals surface area contributed by atoms with Crippen molar-refractivity contribution in [2.45, 2.75) is 0 Å². The van der Waals surface area contributed by atoms with Crippen LogP contribution in [0, 0.1) is 17.0 Å². The van der Waals surface area contributed by atoms with Crippen LogP contribution in [0.25, 0.3) is 0 Å². The molecule has 1 radical (unpaired) electrons. The first-order chi connectivity index (χ1) is 8.15. The third-order valence-electron chi connectivity index (χ3n) is 2.07. The molecular formula is C12H9N2O3. The lowest BCUT2D eigenvalue weighted by Gasteiger charge is -2.05. The summed E-state index contributed by atoms with van der Waals surface area (Å²) in [5.74, 6) is 1.13. The summed E-state index contributed by atoms with van der Waals surface area (Å²) in [5.41, 5.74) is 0.634. The van der Waals surface area contributed by atoms with Gasteiger partial charge in [-0.05, 0) is 25.1 Å². The van der Waals surface area contributed by atoms with Gasteiger partial charge in [-0.15, -0.1) is 0 Å². The fraction of sp³-hybridized carbons (Fsp3) is 0. The van der Waals surface area contributed by atoms with Crippen LogP contribution in [-0.2, 0) is 0 Å². The Labute approximate surface area is 97.8 Å². The third-order valence-corrected chi connectivity index (χ3v) is 2.07. The Kier molecular flexibility index (Phi) is 3.00. The number of pyridine rings is 1. The van der Waals surface area contributed by atoms with Gasteiger partial charge in [-0.2, -0.15) is 0 Å². The molecule has 85 valence electrons. The van der Waals surface area contributed by atoms with Crippen LogP contribution in [0.2, 0.25) is 0 Å². The van der Waals surface area contributed by atoms with Crippen molar-refractivity contribution in [2.24, 2.45) is 0 Å². The molecule has 0 N–H and O–H groups in total. The molecule has 1 heterocycles. The van der Waals surface area contributed by atoms with E-state index in [2.05, 4.69) is 11.9 Å². The average Bonchev–Trinajstić information content (AvgIpc) is 2.29. The van der Waals surface area contributed by atoms with Crippen molar-refractivity contribution in [1.82, 2.24) is 4.98 Å². The number of benzene rings is 1. The van der Waals surface area contributed by atoms with Gasteiger partial charge in [0.2, 0.25) is 0 Å². The number of nitro benzene ring substituents is 1. The Morgan fingerprint density at radius 1 is 1.18 bits per heavy atom. The highest BCUT2D eigenvalue weighted by Gasteiger charge is 2.05. The number of hydrogen-bond acceptors (Lipinski definition) is 4. The molecule has 0 unspecified atom stereocenters. The first-order valence-electron chi connectivity index (χ1n) is 4.85. The number of hydrogen-bond donors (Lipinski definition) is 0. The quantitative estimate of drug-likeness (QED) is 0.599. The predicted molar refractivity (Wildman–Crippen MR) is 61.9 cm³/mol. The molecule has 0 aliphatic carbocycles. The maximum atomic E-state index is 10.5. The molecule has 1 aromatic carbocycles. The molecule has 0 saturated carbocycles. The normalized spacial score (nSPS) is 9.94. The van der Waals surface area contributed by atoms with Gasteiger partial charge in [0.25, 0.3) is 5.69 Å². The van der Waals surface area contributed by atoms with Gasteiger partial charge in [0.05, 0.1) is 4.92 Å². The van der Waals surface area contributed by atoms with Crippen molar-refractivity contribution in [3.63, 3.8) is 0 Å². The summed E-state index contributed by atoms with van der Waals surface area (Å²) in [5, 5.41) is 10.5. The summed E-state index contributed by atoms with van der Waals surface area (Å²) < 4.78 is 5.49. The van der Waals surface area contributed by atoms with Crippen LogP contribution in [-0.4, -0.2) is 9.91 Å². The first kappa shape index (κ1) is 11.1. The summed E-state index contributed by atoms with van der Waals surface area (Å²) in [7, 11) is 0. The average molecular weight is 229 g/mol. The standard InChI is InChI=1S/C12H9N2O3/c1-9-8-12(6-7-13-9)17-11-4-2-10(3-5-11)14(15)16/h2-8H,1H2. The zero-order chi connectivity index (χ0) is 12.3. The molecule has 0 spiro atoms. The van der Waals surface area contributed by atoms with E-state index in [0.717, 1.165) is 0 Å². The Morgan fingerprint density at radius 3 is 2.47 bits per heavy atom. The summed E-state index contributed by atoms with van der Waals surface area (Å²) in [6.07, 6.45) is 1.59. The Hall–Kier alpha value is -2.43. The Bertz CT molecular complexity index is 538. The lowest BCUT2D eigenvalue weighted by atomic mass is 10.3. The van der Waals surface area contributed by atoms with Gasteiger partial charge >= 0.3 is 0 Å². The van der Waals surface area contributed by atoms with Gasteiger partial charge < -0.3 is 4.74 Å². The first-order valence-corrected chi connectivity index (χ1v) is 4.85. The second kappa shape index (κ2) is 4.61. The van der Waals surface area contributed by atoms with Crippen LogP contribution in [0.3, 0.4) is 0 Å². The highest BCUT2D eigenvalue weighted by Crippen LogP contribution is 2.23. The molecule has 2 rings (SSSR count). The molecule has 0 aliphatic rings. The highest BCUT2D eigenvalue weighted by atomic mass is 16.6. The van der Waals surface area contributed by atoms with E-state index >= 15 is 0 Å². The second-order valence-corrected chi connectivity index (χ2v) is 3.34. The minimum Gasteiger partial charge on any atom is -0.457 e. The SMILES string of the molecule is [CH2]c1cc(Oc2ccc([N+](=O)[O-])cc2)ccn1. The Balaban J connectivity index is 2.16. The van der Waals surface area contributed by atoms with Gasteiger partial charge in [0.15, 0.2) is 0 Å². The van der Waals surface area contributed by atoms with Gasteiger partial charge in [-0.25, -0.2) is 0 Å². The molecular weight excluding hydrogens is 220 g/mol. The Morgan fingerprint density at radius 2 is 1.88 bits per heavy atom. The van der Waals surface area contributed by atoms with Crippen molar-refractivity contribution in [1.29, 1.82) is 0 Å². The summed E-state index contributed by atoms with van der Waals surface area (Å²) in [6, 6.07) is 9.24. The third kappa shape index (κ3) is 2.78. The van der Waals surface area contributed by atoms with Crippen LogP contribution in [0.1, 0.15) is 5.69 Å². The maximum absolute atomic E-state index is 10.5. The second-order valence-electron chi connectivity index (χ2n) is 3.34. The van der Waals surface area contributed by atoms with E-state index in [-0.39, 0.29) is 5.69 Å². The van der Waals surface area contributed by atoms with E-state index < -0.39 is 4.92 Å². The minimum absolute atomic E-state index is 0.0323. The topological polar surface area (TPSA) is 65.3 Å².